The highest BCUT2D eigenvalue weighted by atomic mass is 32.2. The van der Waals surface area contributed by atoms with E-state index in [4.69, 9.17) is 4.74 Å². The number of sulfonamides is 1. The largest absolute Gasteiger partial charge is 0.497 e. The molecule has 1 aromatic carbocycles. The molecule has 0 atom stereocenters. The van der Waals surface area contributed by atoms with Gasteiger partial charge in [0.1, 0.15) is 11.6 Å². The molecule has 7 heteroatoms. The van der Waals surface area contributed by atoms with Crippen molar-refractivity contribution in [2.75, 3.05) is 20.2 Å². The number of imidazole rings is 1. The highest BCUT2D eigenvalue weighted by Gasteiger charge is 2.29. The maximum atomic E-state index is 12.8. The third-order valence-electron chi connectivity index (χ3n) is 4.99. The molecule has 0 unspecified atom stereocenters. The molecule has 26 heavy (non-hydrogen) atoms. The molecule has 3 rings (SSSR count). The average molecular weight is 378 g/mol. The second-order valence-electron chi connectivity index (χ2n) is 7.12. The molecule has 0 bridgehead atoms. The Bertz CT molecular complexity index is 820. The summed E-state index contributed by atoms with van der Waals surface area (Å²) < 4.78 is 34.6. The van der Waals surface area contributed by atoms with Crippen LogP contribution in [0.15, 0.2) is 41.6 Å². The Hall–Kier alpha value is -1.86. The Morgan fingerprint density at radius 1 is 1.19 bits per heavy atom. The van der Waals surface area contributed by atoms with Gasteiger partial charge in [-0.2, -0.15) is 4.31 Å². The number of aromatic nitrogens is 2. The summed E-state index contributed by atoms with van der Waals surface area (Å²) >= 11 is 0. The molecule has 142 valence electrons. The molecule has 0 saturated carbocycles. The number of piperidine rings is 1. The summed E-state index contributed by atoms with van der Waals surface area (Å²) in [5.74, 6) is 2.62. The Kier molecular flexibility index (Phi) is 5.67. The SMILES string of the molecule is COc1ccc(S(=O)(=O)N2CCC(Cn3ccnc3C(C)C)CC2)cc1. The van der Waals surface area contributed by atoms with Crippen LogP contribution in [0.3, 0.4) is 0 Å². The summed E-state index contributed by atoms with van der Waals surface area (Å²) in [5, 5.41) is 0. The summed E-state index contributed by atoms with van der Waals surface area (Å²) in [7, 11) is -1.87. The van der Waals surface area contributed by atoms with E-state index in [0.29, 0.717) is 35.6 Å². The molecule has 1 saturated heterocycles. The Morgan fingerprint density at radius 3 is 2.42 bits per heavy atom. The first-order valence-corrected chi connectivity index (χ1v) is 10.5. The molecule has 0 spiro atoms. The molecule has 0 N–H and O–H groups in total. The van der Waals surface area contributed by atoms with Crippen molar-refractivity contribution in [1.82, 2.24) is 13.9 Å². The smallest absolute Gasteiger partial charge is 0.243 e. The van der Waals surface area contributed by atoms with Crippen LogP contribution in [0, 0.1) is 5.92 Å². The van der Waals surface area contributed by atoms with E-state index in [2.05, 4.69) is 23.4 Å². The molecule has 0 amide bonds. The van der Waals surface area contributed by atoms with E-state index >= 15 is 0 Å². The normalized spacial score (nSPS) is 16.9. The molecule has 2 aromatic rings. The van der Waals surface area contributed by atoms with Gasteiger partial charge in [0, 0.05) is 37.9 Å². The molecule has 2 heterocycles. The zero-order valence-corrected chi connectivity index (χ0v) is 16.4. The van der Waals surface area contributed by atoms with Crippen molar-refractivity contribution < 1.29 is 13.2 Å². The van der Waals surface area contributed by atoms with Crippen LogP contribution in [0.1, 0.15) is 38.4 Å². The Morgan fingerprint density at radius 2 is 1.85 bits per heavy atom. The lowest BCUT2D eigenvalue weighted by Gasteiger charge is -2.31. The number of rotatable bonds is 6. The lowest BCUT2D eigenvalue weighted by molar-refractivity contribution is 0.251. The predicted molar refractivity (Wildman–Crippen MR) is 101 cm³/mol. The maximum absolute atomic E-state index is 12.8. The minimum Gasteiger partial charge on any atom is -0.497 e. The average Bonchev–Trinajstić information content (AvgIpc) is 3.10. The molecule has 6 nitrogen and oxygen atoms in total. The van der Waals surface area contributed by atoms with Gasteiger partial charge in [-0.3, -0.25) is 0 Å². The van der Waals surface area contributed by atoms with E-state index in [1.807, 2.05) is 12.4 Å². The van der Waals surface area contributed by atoms with Crippen molar-refractivity contribution in [3.05, 3.63) is 42.5 Å². The molecule has 1 aliphatic heterocycles. The van der Waals surface area contributed by atoms with Crippen LogP contribution in [0.25, 0.3) is 0 Å². The van der Waals surface area contributed by atoms with Crippen molar-refractivity contribution in [3.8, 4) is 5.75 Å². The third kappa shape index (κ3) is 3.94. The third-order valence-corrected chi connectivity index (χ3v) is 6.90. The van der Waals surface area contributed by atoms with Gasteiger partial charge in [-0.15, -0.1) is 0 Å². The summed E-state index contributed by atoms with van der Waals surface area (Å²) in [6.07, 6.45) is 5.60. The second kappa shape index (κ2) is 7.80. The Balaban J connectivity index is 1.63. The van der Waals surface area contributed by atoms with Crippen LogP contribution in [0.2, 0.25) is 0 Å². The maximum Gasteiger partial charge on any atom is 0.243 e. The number of ether oxygens (including phenoxy) is 1. The van der Waals surface area contributed by atoms with E-state index < -0.39 is 10.0 Å². The van der Waals surface area contributed by atoms with Gasteiger partial charge >= 0.3 is 0 Å². The topological polar surface area (TPSA) is 64.4 Å². The quantitative estimate of drug-likeness (QED) is 0.776. The van der Waals surface area contributed by atoms with Gasteiger partial charge in [0.25, 0.3) is 0 Å². The van der Waals surface area contributed by atoms with Gasteiger partial charge in [0.2, 0.25) is 10.0 Å². The first-order valence-electron chi connectivity index (χ1n) is 9.07. The number of hydrogen-bond acceptors (Lipinski definition) is 4. The van der Waals surface area contributed by atoms with Gasteiger partial charge < -0.3 is 9.30 Å². The second-order valence-corrected chi connectivity index (χ2v) is 9.05. The van der Waals surface area contributed by atoms with E-state index in [9.17, 15) is 8.42 Å². The van der Waals surface area contributed by atoms with Crippen molar-refractivity contribution >= 4 is 10.0 Å². The molecule has 0 radical (unpaired) electrons. The van der Waals surface area contributed by atoms with Gasteiger partial charge in [0.05, 0.1) is 12.0 Å². The van der Waals surface area contributed by atoms with Gasteiger partial charge in [-0.05, 0) is 43.0 Å². The highest BCUT2D eigenvalue weighted by molar-refractivity contribution is 7.89. The van der Waals surface area contributed by atoms with Crippen LogP contribution >= 0.6 is 0 Å². The number of nitrogens with zero attached hydrogens (tertiary/aromatic N) is 3. The summed E-state index contributed by atoms with van der Waals surface area (Å²) in [6.45, 7) is 6.31. The molecule has 1 aromatic heterocycles. The van der Waals surface area contributed by atoms with Crippen LogP contribution in [0.5, 0.6) is 5.75 Å². The first-order chi connectivity index (χ1) is 12.4. The van der Waals surface area contributed by atoms with E-state index in [1.54, 1.807) is 35.7 Å². The lowest BCUT2D eigenvalue weighted by Crippen LogP contribution is -2.39. The zero-order valence-electron chi connectivity index (χ0n) is 15.6. The van der Waals surface area contributed by atoms with Crippen LogP contribution in [-0.4, -0.2) is 42.5 Å². The van der Waals surface area contributed by atoms with Crippen LogP contribution < -0.4 is 4.74 Å². The predicted octanol–water partition coefficient (Wildman–Crippen LogP) is 3.12. The van der Waals surface area contributed by atoms with Crippen LogP contribution in [-0.2, 0) is 16.6 Å². The lowest BCUT2D eigenvalue weighted by atomic mass is 9.98. The molecule has 1 aliphatic rings. The monoisotopic (exact) mass is 377 g/mol. The molecular formula is C19H27N3O3S. The summed E-state index contributed by atoms with van der Waals surface area (Å²) in [4.78, 5) is 4.76. The minimum atomic E-state index is -3.44. The molecule has 0 aliphatic carbocycles. The molecular weight excluding hydrogens is 350 g/mol. The van der Waals surface area contributed by atoms with Gasteiger partial charge in [0.15, 0.2) is 0 Å². The van der Waals surface area contributed by atoms with Crippen molar-refractivity contribution in [2.24, 2.45) is 5.92 Å². The summed E-state index contributed by atoms with van der Waals surface area (Å²) in [6, 6.07) is 6.60. The minimum absolute atomic E-state index is 0.327. The van der Waals surface area contributed by atoms with Crippen LogP contribution in [0.4, 0.5) is 0 Å². The van der Waals surface area contributed by atoms with E-state index in [-0.39, 0.29) is 0 Å². The van der Waals surface area contributed by atoms with Crippen molar-refractivity contribution in [2.45, 2.75) is 44.0 Å². The van der Waals surface area contributed by atoms with Gasteiger partial charge in [-0.25, -0.2) is 13.4 Å². The first kappa shape index (κ1) is 18.9. The standard InChI is InChI=1S/C19H27N3O3S/c1-15(2)19-20-10-13-21(19)14-16-8-11-22(12-9-16)26(23,24)18-6-4-17(25-3)5-7-18/h4-7,10,13,15-16H,8-9,11-12,14H2,1-3H3. The number of hydrogen-bond donors (Lipinski definition) is 0. The number of benzene rings is 1. The fourth-order valence-corrected chi connectivity index (χ4v) is 4.95. The fraction of sp³-hybridized carbons (Fsp3) is 0.526. The highest BCUT2D eigenvalue weighted by Crippen LogP contribution is 2.26. The molecule has 1 fully saturated rings. The fourth-order valence-electron chi connectivity index (χ4n) is 3.48. The van der Waals surface area contributed by atoms with E-state index in [0.717, 1.165) is 25.2 Å². The summed E-state index contributed by atoms with van der Waals surface area (Å²) in [5.41, 5.74) is 0. The van der Waals surface area contributed by atoms with Crippen molar-refractivity contribution in [3.63, 3.8) is 0 Å². The van der Waals surface area contributed by atoms with Crippen molar-refractivity contribution in [1.29, 1.82) is 0 Å². The Labute approximate surface area is 155 Å². The zero-order chi connectivity index (χ0) is 18.7. The van der Waals surface area contributed by atoms with Gasteiger partial charge in [-0.1, -0.05) is 13.8 Å². The number of methoxy groups -OCH3 is 1. The van der Waals surface area contributed by atoms with E-state index in [1.165, 1.54) is 0 Å².